The predicted molar refractivity (Wildman–Crippen MR) is 162 cm³/mol. The van der Waals surface area contributed by atoms with Crippen molar-refractivity contribution in [3.05, 3.63) is 172 Å². The van der Waals surface area contributed by atoms with E-state index in [-0.39, 0.29) is 24.8 Å². The number of allylic oxidation sites excluding steroid dienone is 2. The normalized spacial score (nSPS) is 14.4. The third-order valence-corrected chi connectivity index (χ3v) is 17.2. The zero-order valence-corrected chi connectivity index (χ0v) is 27.5. The Hall–Kier alpha value is -2.83. The number of halogens is 2. The van der Waals surface area contributed by atoms with E-state index < -0.39 is 21.3 Å². The minimum absolute atomic E-state index is 0. The van der Waals surface area contributed by atoms with Gasteiger partial charge in [0.2, 0.25) is 0 Å². The molecule has 0 nitrogen and oxygen atoms in total. The van der Waals surface area contributed by atoms with Crippen LogP contribution in [0.1, 0.15) is 58.7 Å². The molecule has 0 saturated heterocycles. The van der Waals surface area contributed by atoms with Crippen LogP contribution < -0.4 is 24.8 Å². The molecule has 0 spiro atoms. The average Bonchev–Trinajstić information content (AvgIpc) is 3.46. The van der Waals surface area contributed by atoms with Crippen LogP contribution in [-0.4, -0.2) is 3.21 Å². The van der Waals surface area contributed by atoms with Gasteiger partial charge in [-0.15, -0.1) is 0 Å². The van der Waals surface area contributed by atoms with Gasteiger partial charge in [0, 0.05) is 0 Å². The summed E-state index contributed by atoms with van der Waals surface area (Å²) in [4.78, 5) is 0. The van der Waals surface area contributed by atoms with E-state index >= 15 is 0 Å². The van der Waals surface area contributed by atoms with E-state index in [9.17, 15) is 0 Å². The molecule has 5 aromatic rings. The van der Waals surface area contributed by atoms with Gasteiger partial charge in [-0.3, -0.25) is 0 Å². The third kappa shape index (κ3) is 5.19. The molecule has 0 amide bonds. The summed E-state index contributed by atoms with van der Waals surface area (Å²) in [5.41, 5.74) is 15.9. The van der Waals surface area contributed by atoms with Crippen molar-refractivity contribution in [3.8, 4) is 11.1 Å². The minimum Gasteiger partial charge on any atom is -1.00 e. The Bertz CT molecular complexity index is 1690. The minimum atomic E-state index is -2.72. The van der Waals surface area contributed by atoms with Gasteiger partial charge in [0.25, 0.3) is 0 Å². The molecule has 7 rings (SSSR count). The number of hydrogen-bond donors (Lipinski definition) is 0. The van der Waals surface area contributed by atoms with E-state index in [0.717, 1.165) is 0 Å². The van der Waals surface area contributed by atoms with Gasteiger partial charge in [0.1, 0.15) is 0 Å². The van der Waals surface area contributed by atoms with E-state index in [0.29, 0.717) is 7.25 Å². The van der Waals surface area contributed by atoms with Crippen LogP contribution in [0.25, 0.3) is 16.7 Å². The van der Waals surface area contributed by atoms with E-state index in [1.807, 2.05) is 0 Å². The molecule has 0 aromatic heterocycles. The summed E-state index contributed by atoms with van der Waals surface area (Å²) in [5, 5.41) is 0. The maximum Gasteiger partial charge on any atom is -1.00 e. The monoisotopic (exact) mass is 648 g/mol. The maximum absolute atomic E-state index is 2.72. The van der Waals surface area contributed by atoms with Crippen LogP contribution in [-0.2, 0) is 21.3 Å². The number of benzene rings is 5. The Morgan fingerprint density at radius 1 is 0.512 bits per heavy atom. The maximum atomic E-state index is 2.63. The first-order chi connectivity index (χ1) is 19.1. The first-order valence-corrected chi connectivity index (χ1v) is 18.0. The molecule has 202 valence electrons. The molecule has 2 aliphatic carbocycles. The molecule has 5 aromatic carbocycles. The second-order valence-electron chi connectivity index (χ2n) is 11.1. The summed E-state index contributed by atoms with van der Waals surface area (Å²) < 4.78 is 2.52. The molecule has 41 heavy (non-hydrogen) atoms. The van der Waals surface area contributed by atoms with Gasteiger partial charge in [0.05, 0.1) is 0 Å². The Labute approximate surface area is 264 Å². The molecule has 1 atom stereocenters. The van der Waals surface area contributed by atoms with Crippen LogP contribution >= 0.6 is 0 Å². The fourth-order valence-electron chi connectivity index (χ4n) is 6.84. The molecule has 0 radical (unpaired) electrons. The molecular formula is C38H32Cl2Zr. The smallest absolute Gasteiger partial charge is 1.00 e. The third-order valence-electron chi connectivity index (χ3n) is 8.52. The Kier molecular flexibility index (Phi) is 8.82. The summed E-state index contributed by atoms with van der Waals surface area (Å²) in [6, 6.07) is 46.1. The summed E-state index contributed by atoms with van der Waals surface area (Å²) in [6.07, 6.45) is 2.63. The summed E-state index contributed by atoms with van der Waals surface area (Å²) in [7, 11) is 0. The van der Waals surface area contributed by atoms with E-state index in [2.05, 4.69) is 148 Å². The van der Waals surface area contributed by atoms with Gasteiger partial charge in [-0.1, -0.05) is 0 Å². The largest absolute Gasteiger partial charge is 1.00 e. The topological polar surface area (TPSA) is 0 Å². The molecule has 0 saturated carbocycles. The molecule has 0 bridgehead atoms. The van der Waals surface area contributed by atoms with Crippen molar-refractivity contribution in [1.29, 1.82) is 0 Å². The van der Waals surface area contributed by atoms with Gasteiger partial charge in [-0.2, -0.15) is 0 Å². The summed E-state index contributed by atoms with van der Waals surface area (Å²) in [5.74, 6) is 0. The van der Waals surface area contributed by atoms with E-state index in [4.69, 9.17) is 0 Å². The Morgan fingerprint density at radius 3 is 1.54 bits per heavy atom. The van der Waals surface area contributed by atoms with Crippen molar-refractivity contribution in [2.45, 2.75) is 28.0 Å². The second-order valence-corrected chi connectivity index (χ2v) is 17.5. The van der Waals surface area contributed by atoms with Crippen molar-refractivity contribution >= 4 is 8.78 Å². The van der Waals surface area contributed by atoms with Gasteiger partial charge in [-0.25, -0.2) is 0 Å². The first kappa shape index (κ1) is 29.7. The van der Waals surface area contributed by atoms with E-state index in [1.54, 1.807) is 14.3 Å². The van der Waals surface area contributed by atoms with Crippen molar-refractivity contribution in [2.24, 2.45) is 0 Å². The van der Waals surface area contributed by atoms with Crippen LogP contribution in [0.2, 0.25) is 0 Å². The second kappa shape index (κ2) is 12.2. The molecule has 0 fully saturated rings. The SMILES string of the molecule is CC1=C[CH]([Zr+2](=[C](c2ccccc2)c2ccccc2)[CH]2c3cc(C)ccc3-c3ccc(C)cc32)c2ccccc21.[Cl-].[Cl-]. The standard InChI is InChI=1S/C15H13.C13H10.C10H9.2ClH.Zr/c1-10-3-5-14-12(7-10)9-13-8-11(2)4-6-15(13)14;1-3-7-12(8-4-1)11-13-9-5-2-6-10-13;1-8-6-7-9-4-2-3-5-10(8)9;;;/h3-9H,1-2H3;1-10H;2-7H,1H3;2*1H;/q;;;;;+2/p-2. The number of hydrogen-bond acceptors (Lipinski definition) is 0. The molecule has 3 heteroatoms. The fraction of sp³-hybridized carbons (Fsp3) is 0.132. The first-order valence-electron chi connectivity index (χ1n) is 13.9. The molecule has 1 unspecified atom stereocenters. The van der Waals surface area contributed by atoms with Crippen molar-refractivity contribution in [1.82, 2.24) is 0 Å². The van der Waals surface area contributed by atoms with Gasteiger partial charge >= 0.3 is 241 Å². The van der Waals surface area contributed by atoms with Gasteiger partial charge < -0.3 is 24.8 Å². The van der Waals surface area contributed by atoms with E-state index in [1.165, 1.54) is 50.1 Å². The molecule has 0 heterocycles. The molecule has 2 aliphatic rings. The molecule has 0 N–H and O–H groups in total. The average molecular weight is 651 g/mol. The van der Waals surface area contributed by atoms with Crippen LogP contribution in [0.4, 0.5) is 0 Å². The van der Waals surface area contributed by atoms with Crippen LogP contribution in [0, 0.1) is 13.8 Å². The van der Waals surface area contributed by atoms with Gasteiger partial charge in [-0.05, 0) is 0 Å². The van der Waals surface area contributed by atoms with Crippen LogP contribution in [0.3, 0.4) is 0 Å². The van der Waals surface area contributed by atoms with Crippen LogP contribution in [0.5, 0.6) is 0 Å². The molecular weight excluding hydrogens is 619 g/mol. The number of rotatable bonds is 4. The van der Waals surface area contributed by atoms with Crippen LogP contribution in [0.15, 0.2) is 127 Å². The zero-order chi connectivity index (χ0) is 26.5. The molecule has 0 aliphatic heterocycles. The Morgan fingerprint density at radius 2 is 1.00 bits per heavy atom. The van der Waals surface area contributed by atoms with Crippen molar-refractivity contribution < 1.29 is 46.1 Å². The predicted octanol–water partition coefficient (Wildman–Crippen LogP) is 3.43. The summed E-state index contributed by atoms with van der Waals surface area (Å²) >= 11 is -2.72. The fourth-order valence-corrected chi connectivity index (χ4v) is 17.0. The van der Waals surface area contributed by atoms with Crippen molar-refractivity contribution in [3.63, 3.8) is 0 Å². The number of fused-ring (bicyclic) bond motifs is 4. The van der Waals surface area contributed by atoms with Crippen molar-refractivity contribution in [2.75, 3.05) is 0 Å². The quantitative estimate of drug-likeness (QED) is 0.280. The zero-order valence-electron chi connectivity index (χ0n) is 23.5. The number of aryl methyl sites for hydroxylation is 2. The summed E-state index contributed by atoms with van der Waals surface area (Å²) in [6.45, 7) is 6.82. The Balaban J connectivity index is 0.00000169. The van der Waals surface area contributed by atoms with Gasteiger partial charge in [0.15, 0.2) is 0 Å².